The van der Waals surface area contributed by atoms with Gasteiger partial charge in [-0.15, -0.1) is 0 Å². The fourth-order valence-electron chi connectivity index (χ4n) is 4.22. The lowest BCUT2D eigenvalue weighted by Gasteiger charge is -2.30. The third-order valence-corrected chi connectivity index (χ3v) is 6.67. The number of anilines is 3. The number of hydrogen-bond acceptors (Lipinski definition) is 9. The van der Waals surface area contributed by atoms with Crippen LogP contribution in [0, 0.1) is 11.7 Å². The molecule has 1 atom stereocenters. The molecular formula is C28H29ClFN5O5. The van der Waals surface area contributed by atoms with Crippen molar-refractivity contribution in [1.29, 1.82) is 0 Å². The summed E-state index contributed by atoms with van der Waals surface area (Å²) in [5.74, 6) is 0.135. The van der Waals surface area contributed by atoms with Gasteiger partial charge in [0.05, 0.1) is 36.0 Å². The third kappa shape index (κ3) is 7.44. The van der Waals surface area contributed by atoms with Crippen LogP contribution in [0.5, 0.6) is 5.75 Å². The zero-order valence-electron chi connectivity index (χ0n) is 21.9. The number of benzene rings is 2. The highest BCUT2D eigenvalue weighted by Crippen LogP contribution is 2.34. The molecule has 2 heterocycles. The van der Waals surface area contributed by atoms with Crippen LogP contribution in [0.1, 0.15) is 12.8 Å². The summed E-state index contributed by atoms with van der Waals surface area (Å²) in [6.45, 7) is 1.96. The van der Waals surface area contributed by atoms with Gasteiger partial charge in [-0.3, -0.25) is 14.5 Å². The number of halogens is 2. The van der Waals surface area contributed by atoms with E-state index in [0.29, 0.717) is 66.2 Å². The molecule has 40 heavy (non-hydrogen) atoms. The molecule has 1 aromatic heterocycles. The monoisotopic (exact) mass is 569 g/mol. The number of nitrogens with one attached hydrogen (secondary N) is 2. The van der Waals surface area contributed by atoms with E-state index in [1.165, 1.54) is 18.2 Å². The molecule has 0 radical (unpaired) electrons. The Morgan fingerprint density at radius 2 is 2.12 bits per heavy atom. The molecule has 0 unspecified atom stereocenters. The lowest BCUT2D eigenvalue weighted by molar-refractivity contribution is -0.161. The van der Waals surface area contributed by atoms with Gasteiger partial charge in [-0.1, -0.05) is 17.7 Å². The van der Waals surface area contributed by atoms with Crippen molar-refractivity contribution in [3.63, 3.8) is 0 Å². The van der Waals surface area contributed by atoms with Crippen LogP contribution in [0.4, 0.5) is 21.7 Å². The maximum absolute atomic E-state index is 13.5. The topological polar surface area (TPSA) is 115 Å². The largest absolute Gasteiger partial charge is 0.491 e. The van der Waals surface area contributed by atoms with Crippen LogP contribution < -0.4 is 15.4 Å². The minimum atomic E-state index is -0.513. The Hall–Kier alpha value is -3.80. The van der Waals surface area contributed by atoms with Crippen molar-refractivity contribution < 1.29 is 28.2 Å². The van der Waals surface area contributed by atoms with Gasteiger partial charge < -0.3 is 24.8 Å². The molecule has 1 aliphatic heterocycles. The smallest absolute Gasteiger partial charge is 0.320 e. The summed E-state index contributed by atoms with van der Waals surface area (Å²) in [6.07, 6.45) is 6.65. The first-order chi connectivity index (χ1) is 19.4. The van der Waals surface area contributed by atoms with Gasteiger partial charge >= 0.3 is 5.97 Å². The number of carbonyl (C=O) groups is 2. The fraction of sp³-hybridized carbons (Fsp3) is 0.357. The molecule has 0 bridgehead atoms. The normalized spacial score (nSPS) is 17.7. The number of aromatic nitrogens is 2. The van der Waals surface area contributed by atoms with Gasteiger partial charge in [-0.2, -0.15) is 0 Å². The van der Waals surface area contributed by atoms with Crippen LogP contribution in [0.25, 0.3) is 10.9 Å². The summed E-state index contributed by atoms with van der Waals surface area (Å²) in [4.78, 5) is 35.4. The van der Waals surface area contributed by atoms with E-state index >= 15 is 0 Å². The number of hydrogen-bond donors (Lipinski definition) is 2. The Morgan fingerprint density at radius 1 is 1.27 bits per heavy atom. The second-order valence-corrected chi connectivity index (χ2v) is 10.2. The number of carbonyl (C=O) groups excluding carboxylic acids is 2. The lowest BCUT2D eigenvalue weighted by Crippen LogP contribution is -2.47. The second kappa shape index (κ2) is 12.6. The molecule has 210 valence electrons. The van der Waals surface area contributed by atoms with Crippen molar-refractivity contribution >= 4 is 51.7 Å². The van der Waals surface area contributed by atoms with Gasteiger partial charge in [-0.25, -0.2) is 14.4 Å². The molecule has 10 nitrogen and oxygen atoms in total. The highest BCUT2D eigenvalue weighted by atomic mass is 35.5. The summed E-state index contributed by atoms with van der Waals surface area (Å²) in [6, 6.07) is 7.78. The van der Waals surface area contributed by atoms with E-state index in [0.717, 1.165) is 12.8 Å². The molecule has 2 N–H and O–H groups in total. The number of morpholine rings is 1. The first-order valence-corrected chi connectivity index (χ1v) is 13.3. The predicted molar refractivity (Wildman–Crippen MR) is 148 cm³/mol. The number of ether oxygens (including phenoxy) is 3. The zero-order chi connectivity index (χ0) is 28.1. The first-order valence-electron chi connectivity index (χ1n) is 12.9. The van der Waals surface area contributed by atoms with Crippen LogP contribution in [0.3, 0.4) is 0 Å². The number of rotatable bonds is 11. The zero-order valence-corrected chi connectivity index (χ0v) is 22.6. The summed E-state index contributed by atoms with van der Waals surface area (Å²) < 4.78 is 29.9. The molecule has 12 heteroatoms. The molecule has 1 amide bonds. The Balaban J connectivity index is 1.28. The van der Waals surface area contributed by atoms with E-state index in [2.05, 4.69) is 20.6 Å². The number of amides is 1. The van der Waals surface area contributed by atoms with Gasteiger partial charge in [0.2, 0.25) is 11.9 Å². The van der Waals surface area contributed by atoms with Gasteiger partial charge in [0.25, 0.3) is 0 Å². The number of methoxy groups -OCH3 is 1. The number of cyclic esters (lactones) is 1. The Morgan fingerprint density at radius 3 is 2.90 bits per heavy atom. The van der Waals surface area contributed by atoms with Crippen molar-refractivity contribution in [2.45, 2.75) is 18.9 Å². The number of fused-ring (bicyclic) bond motifs is 1. The standard InChI is InChI=1S/C28H29ClFN5O5/c1-38-16-20-13-35(14-27(37)40-20)8-2-3-26(36)33-24-9-18-12-31-28(32-19-6-7-22(30)21(29)10-19)34-23(18)11-25(24)39-15-17-4-5-17/h2-3,6-7,9-12,17,20H,4-5,8,13-16H2,1H3,(H,33,36)(H,31,32,34)/t20-/m1/s1. The highest BCUT2D eigenvalue weighted by Gasteiger charge is 2.26. The van der Waals surface area contributed by atoms with E-state index < -0.39 is 5.82 Å². The van der Waals surface area contributed by atoms with E-state index in [1.807, 2.05) is 4.90 Å². The SMILES string of the molecule is COC[C@H]1CN(CC=CC(=O)Nc2cc3cnc(Nc4ccc(F)c(Cl)c4)nc3cc2OCC2CC2)CC(=O)O1. The summed E-state index contributed by atoms with van der Waals surface area (Å²) in [5, 5.41) is 6.59. The van der Waals surface area contributed by atoms with Crippen LogP contribution >= 0.6 is 11.6 Å². The second-order valence-electron chi connectivity index (χ2n) is 9.76. The highest BCUT2D eigenvalue weighted by molar-refractivity contribution is 6.31. The van der Waals surface area contributed by atoms with Gasteiger partial charge in [0, 0.05) is 49.6 Å². The third-order valence-electron chi connectivity index (χ3n) is 6.38. The van der Waals surface area contributed by atoms with Gasteiger partial charge in [0.15, 0.2) is 0 Å². The van der Waals surface area contributed by atoms with Crippen LogP contribution in [0.2, 0.25) is 5.02 Å². The van der Waals surface area contributed by atoms with Crippen LogP contribution in [0.15, 0.2) is 48.7 Å². The van der Waals surface area contributed by atoms with Crippen molar-refractivity contribution in [2.75, 3.05) is 50.6 Å². The van der Waals surface area contributed by atoms with Crippen molar-refractivity contribution in [2.24, 2.45) is 5.92 Å². The van der Waals surface area contributed by atoms with E-state index in [-0.39, 0.29) is 29.5 Å². The summed E-state index contributed by atoms with van der Waals surface area (Å²) in [7, 11) is 1.55. The average Bonchev–Trinajstić information content (AvgIpc) is 3.74. The fourth-order valence-corrected chi connectivity index (χ4v) is 4.40. The van der Waals surface area contributed by atoms with E-state index in [1.54, 1.807) is 37.6 Å². The minimum Gasteiger partial charge on any atom is -0.491 e. The average molecular weight is 570 g/mol. The molecule has 2 fully saturated rings. The Kier molecular flexibility index (Phi) is 8.73. The molecule has 0 spiro atoms. The summed E-state index contributed by atoms with van der Waals surface area (Å²) >= 11 is 5.88. The predicted octanol–water partition coefficient (Wildman–Crippen LogP) is 4.32. The lowest BCUT2D eigenvalue weighted by atomic mass is 10.2. The van der Waals surface area contributed by atoms with Crippen molar-refractivity contribution in [3.8, 4) is 5.75 Å². The molecule has 2 aliphatic rings. The number of nitrogens with zero attached hydrogens (tertiary/aromatic N) is 3. The van der Waals surface area contributed by atoms with Gasteiger partial charge in [0.1, 0.15) is 17.7 Å². The maximum atomic E-state index is 13.5. The number of esters is 1. The Labute approximate surface area is 235 Å². The van der Waals surface area contributed by atoms with Crippen molar-refractivity contribution in [1.82, 2.24) is 14.9 Å². The molecule has 1 aliphatic carbocycles. The quantitative estimate of drug-likeness (QED) is 0.257. The molecule has 5 rings (SSSR count). The van der Waals surface area contributed by atoms with Gasteiger partial charge in [-0.05, 0) is 43.0 Å². The minimum absolute atomic E-state index is 0.00953. The molecular weight excluding hydrogens is 541 g/mol. The Bertz CT molecular complexity index is 1430. The summed E-state index contributed by atoms with van der Waals surface area (Å²) in [5.41, 5.74) is 1.65. The van der Waals surface area contributed by atoms with Crippen LogP contribution in [-0.2, 0) is 19.1 Å². The first kappa shape index (κ1) is 27.8. The van der Waals surface area contributed by atoms with Crippen molar-refractivity contribution in [3.05, 3.63) is 59.5 Å². The van der Waals surface area contributed by atoms with E-state index in [4.69, 9.17) is 25.8 Å². The molecule has 1 saturated heterocycles. The van der Waals surface area contributed by atoms with Crippen LogP contribution in [-0.4, -0.2) is 72.8 Å². The molecule has 1 saturated carbocycles. The molecule has 3 aromatic rings. The van der Waals surface area contributed by atoms with E-state index in [9.17, 15) is 14.0 Å². The maximum Gasteiger partial charge on any atom is 0.320 e. The molecule has 2 aromatic carbocycles.